The Morgan fingerprint density at radius 1 is 0.821 bits per heavy atom. The fourth-order valence-electron chi connectivity index (χ4n) is 7.79. The number of aromatic nitrogens is 4. The number of ether oxygens (including phenoxy) is 2. The number of H-pyrrole nitrogens is 1. The van der Waals surface area contributed by atoms with Crippen LogP contribution in [0.4, 0.5) is 14.4 Å². The molecule has 16 nitrogen and oxygen atoms in total. The molecule has 8 rings (SSSR count). The van der Waals surface area contributed by atoms with Gasteiger partial charge in [0.25, 0.3) is 0 Å². The van der Waals surface area contributed by atoms with Gasteiger partial charge in [0.1, 0.15) is 17.7 Å². The average Bonchev–Trinajstić information content (AvgIpc) is 4.05. The molecule has 18 heteroatoms. The second-order valence-corrected chi connectivity index (χ2v) is 15.8. The summed E-state index contributed by atoms with van der Waals surface area (Å²) in [6.45, 7) is 5.23. The minimum Gasteiger partial charge on any atom is -0.453 e. The highest BCUT2D eigenvalue weighted by Crippen LogP contribution is 2.41. The largest absolute Gasteiger partial charge is 0.453 e. The number of imidazole rings is 1. The Balaban J connectivity index is 1.05. The van der Waals surface area contributed by atoms with E-state index >= 15 is 0 Å². The summed E-state index contributed by atoms with van der Waals surface area (Å²) in [5.41, 5.74) is 10.7. The van der Waals surface area contributed by atoms with Crippen molar-refractivity contribution in [3.05, 3.63) is 52.9 Å². The highest BCUT2D eigenvalue weighted by Gasteiger charge is 2.38. The van der Waals surface area contributed by atoms with Gasteiger partial charge in [-0.15, -0.1) is 22.7 Å². The molecule has 0 spiro atoms. The number of likely N-dealkylation sites (tertiary alicyclic amines) is 2. The van der Waals surface area contributed by atoms with Gasteiger partial charge in [-0.1, -0.05) is 38.1 Å². The number of benzene rings is 2. The van der Waals surface area contributed by atoms with E-state index in [-0.39, 0.29) is 23.9 Å². The third-order valence-corrected chi connectivity index (χ3v) is 12.3. The first kappa shape index (κ1) is 37.2. The number of methoxy groups -OCH3 is 2. The second-order valence-electron chi connectivity index (χ2n) is 14.1. The van der Waals surface area contributed by atoms with E-state index in [9.17, 15) is 19.2 Å². The summed E-state index contributed by atoms with van der Waals surface area (Å²) in [7, 11) is 2.50. The zero-order valence-electron chi connectivity index (χ0n) is 31.2. The van der Waals surface area contributed by atoms with Crippen molar-refractivity contribution in [2.24, 2.45) is 15.9 Å². The number of thiazole rings is 2. The van der Waals surface area contributed by atoms with Crippen molar-refractivity contribution in [3.63, 3.8) is 0 Å². The number of nitrogens with zero attached hydrogens (tertiary/aromatic N) is 7. The van der Waals surface area contributed by atoms with Crippen LogP contribution in [-0.4, -0.2) is 111 Å². The minimum atomic E-state index is -0.806. The normalized spacial score (nSPS) is 18.7. The van der Waals surface area contributed by atoms with Gasteiger partial charge in [-0.05, 0) is 31.6 Å². The Morgan fingerprint density at radius 3 is 2.12 bits per heavy atom. The number of hydrogen-bond acceptors (Lipinski definition) is 13. The molecule has 2 saturated heterocycles. The van der Waals surface area contributed by atoms with Gasteiger partial charge in [-0.25, -0.2) is 39.6 Å². The van der Waals surface area contributed by atoms with Crippen LogP contribution in [0, 0.1) is 5.92 Å². The number of amidine groups is 1. The molecule has 3 N–H and O–H groups in total. The maximum atomic E-state index is 13.7. The molecule has 56 heavy (non-hydrogen) atoms. The Kier molecular flexibility index (Phi) is 10.2. The van der Waals surface area contributed by atoms with Crippen LogP contribution in [0.2, 0.25) is 0 Å². The maximum absolute atomic E-state index is 13.7. The molecule has 3 atom stereocenters. The lowest BCUT2D eigenvalue weighted by atomic mass is 9.98. The number of aromatic amines is 1. The number of carbonyl (C=O) groups is 4. The quantitative estimate of drug-likeness (QED) is 0.165. The molecule has 2 aromatic carbocycles. The molecule has 5 amide bonds. The summed E-state index contributed by atoms with van der Waals surface area (Å²) in [6.07, 6.45) is 3.42. The van der Waals surface area contributed by atoms with E-state index < -0.39 is 24.3 Å². The fourth-order valence-corrected chi connectivity index (χ4v) is 9.48. The summed E-state index contributed by atoms with van der Waals surface area (Å²) in [6, 6.07) is 6.41. The number of alkyl carbamates (subject to hydrolysis) is 2. The van der Waals surface area contributed by atoms with Gasteiger partial charge in [0.15, 0.2) is 0 Å². The van der Waals surface area contributed by atoms with Gasteiger partial charge in [-0.3, -0.25) is 9.79 Å². The van der Waals surface area contributed by atoms with E-state index in [1.165, 1.54) is 25.6 Å². The number of carbonyl (C=O) groups excluding carboxylic acids is 4. The van der Waals surface area contributed by atoms with Crippen LogP contribution in [0.25, 0.3) is 42.8 Å². The van der Waals surface area contributed by atoms with E-state index in [0.29, 0.717) is 37.7 Å². The Labute approximate surface area is 329 Å². The van der Waals surface area contributed by atoms with E-state index in [4.69, 9.17) is 29.7 Å². The van der Waals surface area contributed by atoms with Crippen molar-refractivity contribution in [2.75, 3.05) is 33.9 Å². The van der Waals surface area contributed by atoms with Crippen LogP contribution < -0.4 is 10.6 Å². The zero-order valence-corrected chi connectivity index (χ0v) is 32.8. The first-order valence-electron chi connectivity index (χ1n) is 18.4. The number of rotatable bonds is 8. The smallest absolute Gasteiger partial charge is 0.415 e. The maximum Gasteiger partial charge on any atom is 0.415 e. The molecule has 290 valence electrons. The number of fused-ring (bicyclic) bond motifs is 2. The molecule has 0 saturated carbocycles. The SMILES string of the molecule is COC(=O)NC(=O)N1CCC[C@@H]1C1=NCC(c2ccc(-c3ccc(-c4cnc([C@H]5CCCN5C(=O)[C@@H](NC(=O)OC)C(C)C)[nH]4)c4scnc34)c3ncsc23)=N1. The van der Waals surface area contributed by atoms with Gasteiger partial charge in [-0.2, -0.15) is 0 Å². The van der Waals surface area contributed by atoms with Crippen molar-refractivity contribution in [1.82, 2.24) is 40.4 Å². The summed E-state index contributed by atoms with van der Waals surface area (Å²) in [5.74, 6) is 0.983. The average molecular weight is 797 g/mol. The van der Waals surface area contributed by atoms with Crippen molar-refractivity contribution < 1.29 is 28.7 Å². The first-order valence-corrected chi connectivity index (χ1v) is 20.1. The Bertz CT molecular complexity index is 2420. The fraction of sp³-hybridized carbons (Fsp3) is 0.395. The van der Waals surface area contributed by atoms with E-state index in [0.717, 1.165) is 73.4 Å². The molecule has 3 aromatic heterocycles. The van der Waals surface area contributed by atoms with Crippen LogP contribution >= 0.6 is 22.7 Å². The standard InChI is InChI=1S/C38H40N10O6S2/c1-19(2)28(45-37(51)53-3)35(49)47-13-5-7-26(47)33-39-15-24(43-33)22-11-9-20(29-31(22)55-17-41-29)21-10-12-23(32-30(21)42-18-56-32)25-16-40-34(44-25)27-8-6-14-48(27)36(50)46-38(52)54-4/h9-12,15,17-19,26-28H,5-8,13-14,16H2,1-4H3,(H,39,43)(H,45,51)(H,46,50,52)/t26-,27-,28+/m1/s1. The molecule has 0 aliphatic carbocycles. The molecule has 3 aliphatic heterocycles. The third kappa shape index (κ3) is 6.76. The van der Waals surface area contributed by atoms with Crippen molar-refractivity contribution in [2.45, 2.75) is 57.7 Å². The molecular weight excluding hydrogens is 757 g/mol. The lowest BCUT2D eigenvalue weighted by Gasteiger charge is -2.30. The first-order chi connectivity index (χ1) is 27.2. The van der Waals surface area contributed by atoms with Crippen molar-refractivity contribution >= 4 is 78.8 Å². The molecule has 3 aliphatic rings. The highest BCUT2D eigenvalue weighted by molar-refractivity contribution is 7.17. The second kappa shape index (κ2) is 15.4. The number of aliphatic imine (C=N–C) groups is 2. The number of hydrogen-bond donors (Lipinski definition) is 3. The van der Waals surface area contributed by atoms with Crippen molar-refractivity contribution in [3.8, 4) is 22.4 Å². The molecule has 5 aromatic rings. The Morgan fingerprint density at radius 2 is 1.45 bits per heavy atom. The summed E-state index contributed by atoms with van der Waals surface area (Å²) >= 11 is 3.08. The lowest BCUT2D eigenvalue weighted by molar-refractivity contribution is -0.135. The molecule has 0 unspecified atom stereocenters. The third-order valence-electron chi connectivity index (χ3n) is 10.5. The summed E-state index contributed by atoms with van der Waals surface area (Å²) in [5, 5.41) is 4.95. The van der Waals surface area contributed by atoms with E-state index in [1.54, 1.807) is 27.3 Å². The predicted molar refractivity (Wildman–Crippen MR) is 213 cm³/mol. The van der Waals surface area contributed by atoms with Gasteiger partial charge in [0, 0.05) is 35.3 Å². The van der Waals surface area contributed by atoms with Crippen LogP contribution in [0.1, 0.15) is 57.0 Å². The zero-order chi connectivity index (χ0) is 39.1. The minimum absolute atomic E-state index is 0.126. The molecule has 0 bridgehead atoms. The van der Waals surface area contributed by atoms with Crippen LogP contribution in [0.5, 0.6) is 0 Å². The summed E-state index contributed by atoms with van der Waals surface area (Å²) in [4.78, 5) is 81.0. The Hall–Kier alpha value is -5.75. The number of urea groups is 1. The molecule has 6 heterocycles. The number of amides is 5. The topological polar surface area (TPSA) is 196 Å². The van der Waals surface area contributed by atoms with Gasteiger partial charge in [0.05, 0.1) is 81.9 Å². The van der Waals surface area contributed by atoms with Gasteiger partial charge in [0.2, 0.25) is 5.91 Å². The molecular formula is C38H40N10O6S2. The van der Waals surface area contributed by atoms with Gasteiger partial charge >= 0.3 is 18.2 Å². The van der Waals surface area contributed by atoms with Crippen LogP contribution in [0.15, 0.2) is 51.5 Å². The summed E-state index contributed by atoms with van der Waals surface area (Å²) < 4.78 is 11.3. The van der Waals surface area contributed by atoms with Crippen LogP contribution in [0.3, 0.4) is 0 Å². The van der Waals surface area contributed by atoms with E-state index in [1.807, 2.05) is 24.9 Å². The predicted octanol–water partition coefficient (Wildman–Crippen LogP) is 6.15. The number of imide groups is 1. The number of nitrogens with one attached hydrogen (secondary N) is 3. The monoisotopic (exact) mass is 796 g/mol. The van der Waals surface area contributed by atoms with E-state index in [2.05, 4.69) is 44.6 Å². The van der Waals surface area contributed by atoms with Crippen LogP contribution in [-0.2, 0) is 14.3 Å². The molecule has 0 radical (unpaired) electrons. The lowest BCUT2D eigenvalue weighted by Crippen LogP contribution is -2.51. The molecule has 2 fully saturated rings. The van der Waals surface area contributed by atoms with Gasteiger partial charge < -0.3 is 29.6 Å². The highest BCUT2D eigenvalue weighted by atomic mass is 32.1. The van der Waals surface area contributed by atoms with Crippen molar-refractivity contribution in [1.29, 1.82) is 0 Å².